The van der Waals surface area contributed by atoms with E-state index in [1.165, 1.54) is 5.56 Å². The van der Waals surface area contributed by atoms with Gasteiger partial charge in [0.2, 0.25) is 5.91 Å². The van der Waals surface area contributed by atoms with Crippen LogP contribution in [0.2, 0.25) is 0 Å². The highest BCUT2D eigenvalue weighted by Gasteiger charge is 2.32. The van der Waals surface area contributed by atoms with E-state index in [0.717, 1.165) is 17.5 Å². The summed E-state index contributed by atoms with van der Waals surface area (Å²) >= 11 is 0. The fourth-order valence-corrected chi connectivity index (χ4v) is 2.53. The average Bonchev–Trinajstić information content (AvgIpc) is 2.55. The number of hydrogen-bond donors (Lipinski definition) is 1. The van der Waals surface area contributed by atoms with Gasteiger partial charge in [-0.15, -0.1) is 12.4 Å². The smallest absolute Gasteiger partial charge is 0.247 e. The van der Waals surface area contributed by atoms with Crippen LogP contribution in [0.3, 0.4) is 0 Å². The van der Waals surface area contributed by atoms with Gasteiger partial charge in [0.15, 0.2) is 0 Å². The maximum atomic E-state index is 12.7. The maximum absolute atomic E-state index is 12.7. The number of amides is 1. The van der Waals surface area contributed by atoms with E-state index in [9.17, 15) is 4.79 Å². The van der Waals surface area contributed by atoms with Crippen molar-refractivity contribution >= 4 is 18.3 Å². The molecule has 124 valence electrons. The Morgan fingerprint density at radius 3 is 2.09 bits per heavy atom. The Kier molecular flexibility index (Phi) is 6.79. The number of carbonyl (C=O) groups is 1. The fourth-order valence-electron chi connectivity index (χ4n) is 2.53. The first-order valence-corrected chi connectivity index (χ1v) is 7.63. The topological polar surface area (TPSA) is 46.3 Å². The third-order valence-electron chi connectivity index (χ3n) is 4.02. The van der Waals surface area contributed by atoms with E-state index in [4.69, 9.17) is 5.73 Å². The van der Waals surface area contributed by atoms with Crippen molar-refractivity contribution in [2.45, 2.75) is 32.4 Å². The van der Waals surface area contributed by atoms with E-state index in [0.29, 0.717) is 6.54 Å². The number of likely N-dealkylation sites (N-methyl/N-ethyl adjacent to an activating group) is 1. The molecule has 2 N–H and O–H groups in total. The van der Waals surface area contributed by atoms with Crippen LogP contribution in [0.5, 0.6) is 0 Å². The van der Waals surface area contributed by atoms with E-state index in [-0.39, 0.29) is 18.3 Å². The second-order valence-electron chi connectivity index (χ2n) is 5.90. The minimum absolute atomic E-state index is 0. The predicted molar refractivity (Wildman–Crippen MR) is 97.5 cm³/mol. The summed E-state index contributed by atoms with van der Waals surface area (Å²) in [6, 6.07) is 17.8. The van der Waals surface area contributed by atoms with E-state index in [1.54, 1.807) is 18.9 Å². The molecular formula is C19H25ClN2O. The van der Waals surface area contributed by atoms with Crippen molar-refractivity contribution in [3.05, 3.63) is 71.3 Å². The molecule has 0 spiro atoms. The summed E-state index contributed by atoms with van der Waals surface area (Å²) < 4.78 is 0. The quantitative estimate of drug-likeness (QED) is 0.910. The SMILES string of the molecule is CCc1ccc(CN(C)C(=O)C(C)(N)c2ccccc2)cc1.Cl. The van der Waals surface area contributed by atoms with Crippen LogP contribution in [0.15, 0.2) is 54.6 Å². The van der Waals surface area contributed by atoms with Gasteiger partial charge >= 0.3 is 0 Å². The lowest BCUT2D eigenvalue weighted by atomic mass is 9.91. The zero-order valence-electron chi connectivity index (χ0n) is 14.0. The van der Waals surface area contributed by atoms with Crippen LogP contribution in [-0.4, -0.2) is 17.9 Å². The van der Waals surface area contributed by atoms with Crippen molar-refractivity contribution < 1.29 is 4.79 Å². The fraction of sp³-hybridized carbons (Fsp3) is 0.316. The number of halogens is 1. The van der Waals surface area contributed by atoms with Gasteiger partial charge < -0.3 is 10.6 Å². The summed E-state index contributed by atoms with van der Waals surface area (Å²) in [7, 11) is 1.80. The van der Waals surface area contributed by atoms with Crippen molar-refractivity contribution in [1.29, 1.82) is 0 Å². The van der Waals surface area contributed by atoms with Crippen LogP contribution in [0.1, 0.15) is 30.5 Å². The summed E-state index contributed by atoms with van der Waals surface area (Å²) in [4.78, 5) is 14.4. The second kappa shape index (κ2) is 8.14. The zero-order valence-corrected chi connectivity index (χ0v) is 14.8. The van der Waals surface area contributed by atoms with Gasteiger partial charge in [0.1, 0.15) is 5.54 Å². The van der Waals surface area contributed by atoms with Crippen molar-refractivity contribution in [2.75, 3.05) is 7.05 Å². The molecule has 4 heteroatoms. The van der Waals surface area contributed by atoms with Gasteiger partial charge in [-0.1, -0.05) is 61.5 Å². The third-order valence-corrected chi connectivity index (χ3v) is 4.02. The Balaban J connectivity index is 0.00000264. The molecule has 0 aromatic heterocycles. The summed E-state index contributed by atoms with van der Waals surface area (Å²) in [6.45, 7) is 4.45. The van der Waals surface area contributed by atoms with Gasteiger partial charge in [-0.3, -0.25) is 4.79 Å². The zero-order chi connectivity index (χ0) is 16.2. The van der Waals surface area contributed by atoms with Crippen molar-refractivity contribution in [1.82, 2.24) is 4.90 Å². The summed E-state index contributed by atoms with van der Waals surface area (Å²) in [5.41, 5.74) is 8.51. The molecule has 2 rings (SSSR count). The van der Waals surface area contributed by atoms with E-state index in [2.05, 4.69) is 31.2 Å². The van der Waals surface area contributed by atoms with Crippen LogP contribution in [-0.2, 0) is 23.3 Å². The van der Waals surface area contributed by atoms with Gasteiger partial charge in [0.25, 0.3) is 0 Å². The lowest BCUT2D eigenvalue weighted by molar-refractivity contribution is -0.136. The van der Waals surface area contributed by atoms with Gasteiger partial charge in [-0.25, -0.2) is 0 Å². The standard InChI is InChI=1S/C19H24N2O.ClH/c1-4-15-10-12-16(13-11-15)14-21(3)18(22)19(2,20)17-8-6-5-7-9-17;/h5-13H,4,14,20H2,1-3H3;1H. The average molecular weight is 333 g/mol. The molecule has 23 heavy (non-hydrogen) atoms. The lowest BCUT2D eigenvalue weighted by Gasteiger charge is -2.29. The molecule has 0 heterocycles. The Labute approximate surface area is 144 Å². The summed E-state index contributed by atoms with van der Waals surface area (Å²) in [6.07, 6.45) is 1.02. The predicted octanol–water partition coefficient (Wildman–Crippen LogP) is 3.50. The van der Waals surface area contributed by atoms with E-state index >= 15 is 0 Å². The number of rotatable bonds is 5. The minimum atomic E-state index is -1.01. The minimum Gasteiger partial charge on any atom is -0.340 e. The highest BCUT2D eigenvalue weighted by molar-refractivity contribution is 5.86. The first-order chi connectivity index (χ1) is 10.4. The molecule has 1 unspecified atom stereocenters. The van der Waals surface area contributed by atoms with Gasteiger partial charge in [-0.2, -0.15) is 0 Å². The Hall–Kier alpha value is -1.84. The largest absolute Gasteiger partial charge is 0.340 e. The molecule has 0 aliphatic carbocycles. The molecule has 0 bridgehead atoms. The molecule has 2 aromatic carbocycles. The number of hydrogen-bond acceptors (Lipinski definition) is 2. The molecule has 0 saturated heterocycles. The van der Waals surface area contributed by atoms with Crippen LogP contribution in [0, 0.1) is 0 Å². The molecule has 0 radical (unpaired) electrons. The van der Waals surface area contributed by atoms with E-state index < -0.39 is 5.54 Å². The molecule has 2 aromatic rings. The number of nitrogens with two attached hydrogens (primary N) is 1. The van der Waals surface area contributed by atoms with Crippen LogP contribution < -0.4 is 5.73 Å². The molecule has 0 saturated carbocycles. The molecule has 1 amide bonds. The number of nitrogens with zero attached hydrogens (tertiary/aromatic N) is 1. The Bertz CT molecular complexity index is 624. The van der Waals surface area contributed by atoms with Gasteiger partial charge in [0.05, 0.1) is 0 Å². The molecule has 1 atom stereocenters. The first kappa shape index (κ1) is 19.2. The highest BCUT2D eigenvalue weighted by atomic mass is 35.5. The van der Waals surface area contributed by atoms with Gasteiger partial charge in [-0.05, 0) is 30.0 Å². The normalized spacial score (nSPS) is 12.9. The van der Waals surface area contributed by atoms with Gasteiger partial charge in [0, 0.05) is 13.6 Å². The maximum Gasteiger partial charge on any atom is 0.247 e. The monoisotopic (exact) mass is 332 g/mol. The summed E-state index contributed by atoms with van der Waals surface area (Å²) in [5.74, 6) is -0.0849. The molecule has 0 fully saturated rings. The molecule has 0 aliphatic heterocycles. The highest BCUT2D eigenvalue weighted by Crippen LogP contribution is 2.20. The molecular weight excluding hydrogens is 308 g/mol. The van der Waals surface area contributed by atoms with Crippen molar-refractivity contribution in [3.8, 4) is 0 Å². The lowest BCUT2D eigenvalue weighted by Crippen LogP contribution is -2.49. The molecule has 3 nitrogen and oxygen atoms in total. The summed E-state index contributed by atoms with van der Waals surface area (Å²) in [5, 5.41) is 0. The Morgan fingerprint density at radius 1 is 1.04 bits per heavy atom. The van der Waals surface area contributed by atoms with Crippen molar-refractivity contribution in [3.63, 3.8) is 0 Å². The van der Waals surface area contributed by atoms with E-state index in [1.807, 2.05) is 30.3 Å². The van der Waals surface area contributed by atoms with Crippen molar-refractivity contribution in [2.24, 2.45) is 5.73 Å². The Morgan fingerprint density at radius 2 is 1.57 bits per heavy atom. The third kappa shape index (κ3) is 4.57. The molecule has 0 aliphatic rings. The van der Waals surface area contributed by atoms with Crippen LogP contribution in [0.25, 0.3) is 0 Å². The number of benzene rings is 2. The van der Waals surface area contributed by atoms with Crippen LogP contribution in [0.4, 0.5) is 0 Å². The number of carbonyl (C=O) groups excluding carboxylic acids is 1. The van der Waals surface area contributed by atoms with Crippen LogP contribution >= 0.6 is 12.4 Å². The number of aryl methyl sites for hydroxylation is 1. The first-order valence-electron chi connectivity index (χ1n) is 7.63. The second-order valence-corrected chi connectivity index (χ2v) is 5.90.